The second-order valence-electron chi connectivity index (χ2n) is 3.27. The van der Waals surface area contributed by atoms with Gasteiger partial charge < -0.3 is 14.9 Å². The summed E-state index contributed by atoms with van der Waals surface area (Å²) < 4.78 is 14.4. The topological polar surface area (TPSA) is 104 Å². The van der Waals surface area contributed by atoms with Gasteiger partial charge in [0.15, 0.2) is 5.78 Å². The van der Waals surface area contributed by atoms with Crippen molar-refractivity contribution >= 4 is 13.6 Å². The number of phosphoric acid groups is 1. The van der Waals surface area contributed by atoms with Crippen molar-refractivity contribution in [2.45, 2.75) is 25.4 Å². The number of hydrogen-bond acceptors (Lipinski definition) is 4. The molecule has 0 aromatic carbocycles. The van der Waals surface area contributed by atoms with Gasteiger partial charge in [0.25, 0.3) is 0 Å². The molecule has 0 aromatic heterocycles. The first-order chi connectivity index (χ1) is 6.69. The van der Waals surface area contributed by atoms with Crippen molar-refractivity contribution in [2.75, 3.05) is 6.61 Å². The largest absolute Gasteiger partial charge is 0.469 e. The number of aliphatic hydroxyl groups is 1. The lowest BCUT2D eigenvalue weighted by atomic mass is 9.95. The Labute approximate surface area is 87.8 Å². The molecule has 3 N–H and O–H groups in total. The molecule has 0 aliphatic rings. The molecule has 0 rings (SSSR count). The van der Waals surface area contributed by atoms with Crippen molar-refractivity contribution in [3.63, 3.8) is 0 Å². The minimum atomic E-state index is -4.47. The van der Waals surface area contributed by atoms with Gasteiger partial charge in [0.1, 0.15) is 5.60 Å². The van der Waals surface area contributed by atoms with Crippen molar-refractivity contribution < 1.29 is 28.8 Å². The number of phosphoric ester groups is 1. The van der Waals surface area contributed by atoms with Gasteiger partial charge in [-0.2, -0.15) is 0 Å². The summed E-state index contributed by atoms with van der Waals surface area (Å²) >= 11 is 0. The molecular formula is C8H15O6P. The lowest BCUT2D eigenvalue weighted by Crippen LogP contribution is -2.33. The number of carbonyl (C=O) groups is 1. The smallest absolute Gasteiger partial charge is 0.382 e. The highest BCUT2D eigenvalue weighted by Crippen LogP contribution is 2.35. The third-order valence-corrected chi connectivity index (χ3v) is 2.30. The first-order valence-corrected chi connectivity index (χ1v) is 5.81. The van der Waals surface area contributed by atoms with Gasteiger partial charge in [-0.15, -0.1) is 0 Å². The maximum atomic E-state index is 11.1. The zero-order valence-corrected chi connectivity index (χ0v) is 9.31. The van der Waals surface area contributed by atoms with Gasteiger partial charge in [-0.3, -0.25) is 9.32 Å². The summed E-state index contributed by atoms with van der Waals surface area (Å²) in [5, 5.41) is 9.54. The number of rotatable bonds is 7. The van der Waals surface area contributed by atoms with Crippen LogP contribution in [0.1, 0.15) is 19.8 Å². The van der Waals surface area contributed by atoms with E-state index in [1.165, 1.54) is 6.92 Å². The van der Waals surface area contributed by atoms with E-state index in [2.05, 4.69) is 11.1 Å². The third kappa shape index (κ3) is 6.54. The van der Waals surface area contributed by atoms with Crippen LogP contribution in [0.15, 0.2) is 12.7 Å². The zero-order chi connectivity index (χ0) is 12.1. The Bertz CT molecular complexity index is 279. The van der Waals surface area contributed by atoms with Crippen molar-refractivity contribution in [3.05, 3.63) is 12.7 Å². The fraction of sp³-hybridized carbons (Fsp3) is 0.625. The van der Waals surface area contributed by atoms with Crippen molar-refractivity contribution in [3.8, 4) is 0 Å². The molecule has 0 aromatic rings. The number of ketones is 1. The second-order valence-corrected chi connectivity index (χ2v) is 4.51. The van der Waals surface area contributed by atoms with Gasteiger partial charge in [0, 0.05) is 0 Å². The fourth-order valence-corrected chi connectivity index (χ4v) is 1.31. The van der Waals surface area contributed by atoms with Gasteiger partial charge in [-0.1, -0.05) is 6.58 Å². The van der Waals surface area contributed by atoms with Crippen LogP contribution in [-0.4, -0.2) is 32.9 Å². The Balaban J connectivity index is 3.91. The van der Waals surface area contributed by atoms with E-state index in [4.69, 9.17) is 9.79 Å². The summed E-state index contributed by atoms with van der Waals surface area (Å²) in [6.45, 7) is 4.33. The first-order valence-electron chi connectivity index (χ1n) is 4.28. The molecule has 88 valence electrons. The van der Waals surface area contributed by atoms with Crippen molar-refractivity contribution in [2.24, 2.45) is 0 Å². The van der Waals surface area contributed by atoms with Crippen LogP contribution in [0.2, 0.25) is 0 Å². The molecule has 0 spiro atoms. The van der Waals surface area contributed by atoms with Crippen molar-refractivity contribution in [1.29, 1.82) is 0 Å². The Hall–Kier alpha value is -0.520. The Morgan fingerprint density at radius 1 is 1.60 bits per heavy atom. The van der Waals surface area contributed by atoms with E-state index in [0.717, 1.165) is 6.08 Å². The summed E-state index contributed by atoms with van der Waals surface area (Å²) in [4.78, 5) is 27.8. The number of carbonyl (C=O) groups excluding carboxylic acids is 1. The monoisotopic (exact) mass is 238 g/mol. The van der Waals surface area contributed by atoms with E-state index in [-0.39, 0.29) is 19.4 Å². The van der Waals surface area contributed by atoms with Crippen LogP contribution in [0.3, 0.4) is 0 Å². The maximum absolute atomic E-state index is 11.1. The van der Waals surface area contributed by atoms with E-state index < -0.39 is 19.2 Å². The highest BCUT2D eigenvalue weighted by molar-refractivity contribution is 7.46. The third-order valence-electron chi connectivity index (χ3n) is 1.78. The minimum Gasteiger partial charge on any atom is -0.382 e. The quantitative estimate of drug-likeness (QED) is 0.336. The van der Waals surface area contributed by atoms with E-state index in [9.17, 15) is 14.5 Å². The highest BCUT2D eigenvalue weighted by atomic mass is 31.2. The standard InChI is InChI=1S/C8H15O6P/c1-3-7(9)8(2,10)5-4-6-14-15(11,12)13/h3,10H,1,4-6H2,2H3,(H2,11,12,13). The Morgan fingerprint density at radius 2 is 2.13 bits per heavy atom. The van der Waals surface area contributed by atoms with Crippen LogP contribution in [0.4, 0.5) is 0 Å². The summed E-state index contributed by atoms with van der Waals surface area (Å²) in [5.41, 5.74) is -1.56. The summed E-state index contributed by atoms with van der Waals surface area (Å²) in [6, 6.07) is 0. The second kappa shape index (κ2) is 5.53. The van der Waals surface area contributed by atoms with Crippen LogP contribution in [0.5, 0.6) is 0 Å². The molecule has 6 nitrogen and oxygen atoms in total. The minimum absolute atomic E-state index is 0.0534. The number of hydrogen-bond donors (Lipinski definition) is 3. The molecule has 0 fully saturated rings. The van der Waals surface area contributed by atoms with Gasteiger partial charge in [0.2, 0.25) is 0 Å². The predicted octanol–water partition coefficient (Wildman–Crippen LogP) is 0.382. The summed E-state index contributed by atoms with van der Waals surface area (Å²) in [7, 11) is -4.47. The molecule has 0 amide bonds. The molecule has 1 unspecified atom stereocenters. The average Bonchev–Trinajstić information content (AvgIpc) is 2.09. The molecule has 15 heavy (non-hydrogen) atoms. The maximum Gasteiger partial charge on any atom is 0.469 e. The summed E-state index contributed by atoms with van der Waals surface area (Å²) in [5.74, 6) is -0.529. The molecule has 0 radical (unpaired) electrons. The van der Waals surface area contributed by atoms with Gasteiger partial charge >= 0.3 is 7.82 Å². The van der Waals surface area contributed by atoms with Crippen LogP contribution in [0, 0.1) is 0 Å². The normalized spacial score (nSPS) is 15.7. The first kappa shape index (κ1) is 14.5. The lowest BCUT2D eigenvalue weighted by molar-refractivity contribution is -0.131. The molecular weight excluding hydrogens is 223 g/mol. The molecule has 0 aliphatic carbocycles. The summed E-state index contributed by atoms with van der Waals surface area (Å²) in [6.07, 6.45) is 1.22. The molecule has 7 heteroatoms. The Kier molecular flexibility index (Phi) is 5.34. The van der Waals surface area contributed by atoms with Gasteiger partial charge in [0.05, 0.1) is 6.61 Å². The SMILES string of the molecule is C=CC(=O)C(C)(O)CCCOP(=O)(O)O. The van der Waals surface area contributed by atoms with Crippen LogP contribution < -0.4 is 0 Å². The Morgan fingerprint density at radius 3 is 2.53 bits per heavy atom. The molecule has 0 bridgehead atoms. The predicted molar refractivity (Wildman–Crippen MR) is 53.1 cm³/mol. The van der Waals surface area contributed by atoms with E-state index in [1.807, 2.05) is 0 Å². The molecule has 1 atom stereocenters. The van der Waals surface area contributed by atoms with Crippen molar-refractivity contribution in [1.82, 2.24) is 0 Å². The van der Waals surface area contributed by atoms with E-state index in [1.54, 1.807) is 0 Å². The zero-order valence-electron chi connectivity index (χ0n) is 8.42. The lowest BCUT2D eigenvalue weighted by Gasteiger charge is -2.19. The van der Waals surface area contributed by atoms with Gasteiger partial charge in [-0.05, 0) is 25.8 Å². The average molecular weight is 238 g/mol. The molecule has 0 saturated heterocycles. The van der Waals surface area contributed by atoms with Gasteiger partial charge in [-0.25, -0.2) is 4.57 Å². The van der Waals surface area contributed by atoms with Crippen LogP contribution in [-0.2, 0) is 13.9 Å². The van der Waals surface area contributed by atoms with E-state index in [0.29, 0.717) is 0 Å². The molecule has 0 heterocycles. The molecule has 0 aliphatic heterocycles. The van der Waals surface area contributed by atoms with Crippen LogP contribution in [0.25, 0.3) is 0 Å². The molecule has 0 saturated carbocycles. The highest BCUT2D eigenvalue weighted by Gasteiger charge is 2.27. The van der Waals surface area contributed by atoms with Crippen LogP contribution >= 0.6 is 7.82 Å². The fourth-order valence-electron chi connectivity index (χ4n) is 0.943. The van der Waals surface area contributed by atoms with E-state index >= 15 is 0 Å².